The molecule has 2 aliphatic carbocycles. The first-order valence-corrected chi connectivity index (χ1v) is 8.59. The van der Waals surface area contributed by atoms with Gasteiger partial charge >= 0.3 is 0 Å². The molecule has 0 radical (unpaired) electrons. The second-order valence-corrected chi connectivity index (χ2v) is 7.36. The van der Waals surface area contributed by atoms with Gasteiger partial charge in [-0.05, 0) is 69.8 Å². The number of rotatable bonds is 5. The van der Waals surface area contributed by atoms with Gasteiger partial charge in [-0.15, -0.1) is 0 Å². The van der Waals surface area contributed by atoms with Crippen LogP contribution >= 0.6 is 0 Å². The highest BCUT2D eigenvalue weighted by Gasteiger charge is 2.41. The molecule has 0 spiro atoms. The van der Waals surface area contributed by atoms with Crippen LogP contribution in [0.25, 0.3) is 0 Å². The number of fused-ring (bicyclic) bond motifs is 1. The molecule has 122 valence electrons. The molecule has 0 aliphatic heterocycles. The van der Waals surface area contributed by atoms with Gasteiger partial charge in [0, 0.05) is 5.92 Å². The lowest BCUT2D eigenvalue weighted by molar-refractivity contribution is -0.105. The monoisotopic (exact) mass is 302 g/mol. The van der Waals surface area contributed by atoms with Crippen molar-refractivity contribution in [3.05, 3.63) is 34.9 Å². The zero-order valence-corrected chi connectivity index (χ0v) is 14.4. The van der Waals surface area contributed by atoms with Crippen molar-refractivity contribution in [1.82, 2.24) is 0 Å². The van der Waals surface area contributed by atoms with Crippen molar-refractivity contribution in [2.75, 3.05) is 0 Å². The maximum absolute atomic E-state index is 11.4. The molecule has 2 nitrogen and oxygen atoms in total. The quantitative estimate of drug-likeness (QED) is 0.601. The Kier molecular flexibility index (Phi) is 5.80. The first-order chi connectivity index (χ1) is 10.5. The molecule has 2 aliphatic rings. The highest BCUT2D eigenvalue weighted by atomic mass is 16.3. The van der Waals surface area contributed by atoms with Gasteiger partial charge in [0.1, 0.15) is 6.29 Å². The van der Waals surface area contributed by atoms with Crippen LogP contribution < -0.4 is 0 Å². The largest absolute Gasteiger partial charge is 0.392 e. The minimum atomic E-state index is -0.334. The summed E-state index contributed by atoms with van der Waals surface area (Å²) in [5.41, 5.74) is 3.51. The Morgan fingerprint density at radius 3 is 2.73 bits per heavy atom. The molecule has 5 atom stereocenters. The molecule has 0 fully saturated rings. The predicted molar refractivity (Wildman–Crippen MR) is 91.4 cm³/mol. The van der Waals surface area contributed by atoms with Gasteiger partial charge in [-0.1, -0.05) is 36.3 Å². The molecule has 1 N–H and O–H groups in total. The maximum Gasteiger partial charge on any atom is 0.146 e. The van der Waals surface area contributed by atoms with E-state index in [2.05, 4.69) is 45.9 Å². The van der Waals surface area contributed by atoms with Crippen LogP contribution in [-0.4, -0.2) is 17.5 Å². The first kappa shape index (κ1) is 17.2. The van der Waals surface area contributed by atoms with Crippen LogP contribution in [0.3, 0.4) is 0 Å². The standard InChI is InChI=1S/C20H30O2/c1-13(2)6-5-7-14(3)17-11-9-16(12-21)18-10-8-15(4)19(18)20(17)22/h6,8-9,12,14,17-20,22H,5,7,10-11H2,1-4H3/t14-,17-,18-,19+,20+/m1/s1. The fraction of sp³-hybridized carbons (Fsp3) is 0.650. The van der Waals surface area contributed by atoms with Crippen LogP contribution in [0, 0.1) is 23.7 Å². The summed E-state index contributed by atoms with van der Waals surface area (Å²) in [4.78, 5) is 11.4. The van der Waals surface area contributed by atoms with Crippen LogP contribution in [0.5, 0.6) is 0 Å². The summed E-state index contributed by atoms with van der Waals surface area (Å²) in [7, 11) is 0. The van der Waals surface area contributed by atoms with Gasteiger partial charge in [0.2, 0.25) is 0 Å². The highest BCUT2D eigenvalue weighted by Crippen LogP contribution is 2.45. The van der Waals surface area contributed by atoms with E-state index < -0.39 is 0 Å². The number of aliphatic hydroxyl groups is 1. The van der Waals surface area contributed by atoms with E-state index in [0.717, 1.165) is 37.5 Å². The number of aldehydes is 1. The van der Waals surface area contributed by atoms with Crippen LogP contribution in [0.4, 0.5) is 0 Å². The molecular formula is C20H30O2. The van der Waals surface area contributed by atoms with Crippen molar-refractivity contribution in [2.24, 2.45) is 23.7 Å². The molecule has 0 amide bonds. The van der Waals surface area contributed by atoms with Gasteiger partial charge in [0.05, 0.1) is 6.10 Å². The number of carbonyl (C=O) groups excluding carboxylic acids is 1. The number of hydrogen-bond acceptors (Lipinski definition) is 2. The van der Waals surface area contributed by atoms with Crippen LogP contribution in [0.1, 0.15) is 53.4 Å². The van der Waals surface area contributed by atoms with Gasteiger partial charge < -0.3 is 5.11 Å². The van der Waals surface area contributed by atoms with E-state index in [9.17, 15) is 9.90 Å². The fourth-order valence-corrected chi connectivity index (χ4v) is 4.15. The lowest BCUT2D eigenvalue weighted by Crippen LogP contribution is -2.35. The molecule has 2 rings (SSSR count). The molecule has 0 aromatic rings. The molecule has 0 aromatic heterocycles. The van der Waals surface area contributed by atoms with Crippen molar-refractivity contribution in [3.8, 4) is 0 Å². The van der Waals surface area contributed by atoms with E-state index >= 15 is 0 Å². The number of allylic oxidation sites excluding steroid dienone is 5. The first-order valence-electron chi connectivity index (χ1n) is 8.59. The summed E-state index contributed by atoms with van der Waals surface area (Å²) in [5, 5.41) is 11.0. The zero-order valence-electron chi connectivity index (χ0n) is 14.4. The Bertz CT molecular complexity index is 494. The van der Waals surface area contributed by atoms with E-state index in [1.54, 1.807) is 0 Å². The van der Waals surface area contributed by atoms with E-state index in [4.69, 9.17) is 0 Å². The Balaban J connectivity index is 2.14. The molecule has 0 unspecified atom stereocenters. The van der Waals surface area contributed by atoms with Crippen molar-refractivity contribution < 1.29 is 9.90 Å². The summed E-state index contributed by atoms with van der Waals surface area (Å²) >= 11 is 0. The van der Waals surface area contributed by atoms with Gasteiger partial charge in [-0.25, -0.2) is 0 Å². The second-order valence-electron chi connectivity index (χ2n) is 7.36. The average Bonchev–Trinajstić information content (AvgIpc) is 2.77. The van der Waals surface area contributed by atoms with Crippen LogP contribution in [-0.2, 0) is 4.79 Å². The Morgan fingerprint density at radius 2 is 2.09 bits per heavy atom. The lowest BCUT2D eigenvalue weighted by Gasteiger charge is -2.33. The Hall–Kier alpha value is -1.15. The van der Waals surface area contributed by atoms with E-state index in [1.807, 2.05) is 0 Å². The van der Waals surface area contributed by atoms with Gasteiger partial charge in [0.25, 0.3) is 0 Å². The molecule has 0 saturated carbocycles. The third-order valence-corrected chi connectivity index (χ3v) is 5.56. The van der Waals surface area contributed by atoms with Crippen molar-refractivity contribution >= 4 is 6.29 Å². The smallest absolute Gasteiger partial charge is 0.146 e. The molecule has 22 heavy (non-hydrogen) atoms. The average molecular weight is 302 g/mol. The molecule has 0 aromatic carbocycles. The summed E-state index contributed by atoms with van der Waals surface area (Å²) in [6.07, 6.45) is 11.1. The van der Waals surface area contributed by atoms with Gasteiger partial charge in [0.15, 0.2) is 0 Å². The normalized spacial score (nSPS) is 32.4. The summed E-state index contributed by atoms with van der Waals surface area (Å²) in [5.74, 6) is 1.04. The van der Waals surface area contributed by atoms with Crippen LogP contribution in [0.2, 0.25) is 0 Å². The zero-order chi connectivity index (χ0) is 16.3. The summed E-state index contributed by atoms with van der Waals surface area (Å²) < 4.78 is 0. The molecule has 0 heterocycles. The van der Waals surface area contributed by atoms with Gasteiger partial charge in [-0.2, -0.15) is 0 Å². The summed E-state index contributed by atoms with van der Waals surface area (Å²) in [6, 6.07) is 0. The molecule has 2 heteroatoms. The molecule has 0 saturated heterocycles. The maximum atomic E-state index is 11.4. The van der Waals surface area contributed by atoms with Crippen molar-refractivity contribution in [3.63, 3.8) is 0 Å². The van der Waals surface area contributed by atoms with E-state index in [-0.39, 0.29) is 23.9 Å². The Labute approximate surface area is 135 Å². The number of hydrogen-bond donors (Lipinski definition) is 1. The van der Waals surface area contributed by atoms with E-state index in [1.165, 1.54) is 11.1 Å². The third kappa shape index (κ3) is 3.60. The van der Waals surface area contributed by atoms with Crippen molar-refractivity contribution in [2.45, 2.75) is 59.5 Å². The number of carbonyl (C=O) groups is 1. The minimum Gasteiger partial charge on any atom is -0.392 e. The Morgan fingerprint density at radius 1 is 1.36 bits per heavy atom. The number of aliphatic hydroxyl groups excluding tert-OH is 1. The third-order valence-electron chi connectivity index (χ3n) is 5.56. The van der Waals surface area contributed by atoms with Crippen LogP contribution in [0.15, 0.2) is 34.9 Å². The van der Waals surface area contributed by atoms with E-state index in [0.29, 0.717) is 5.92 Å². The van der Waals surface area contributed by atoms with Crippen molar-refractivity contribution in [1.29, 1.82) is 0 Å². The fourth-order valence-electron chi connectivity index (χ4n) is 4.15. The lowest BCUT2D eigenvalue weighted by atomic mass is 9.75. The predicted octanol–water partition coefficient (Wildman–Crippen LogP) is 4.46. The summed E-state index contributed by atoms with van der Waals surface area (Å²) in [6.45, 7) is 8.60. The SMILES string of the molecule is CC(C)=CCC[C@@H](C)[C@H]1CC=C(C=O)[C@H]2CC=C(C)[C@@H]2[C@H]1O. The second kappa shape index (κ2) is 7.41. The topological polar surface area (TPSA) is 37.3 Å². The molecular weight excluding hydrogens is 272 g/mol. The van der Waals surface area contributed by atoms with Gasteiger partial charge in [-0.3, -0.25) is 4.79 Å². The molecule has 0 bridgehead atoms. The highest BCUT2D eigenvalue weighted by molar-refractivity contribution is 5.74. The minimum absolute atomic E-state index is 0.134.